The zero-order valence-corrected chi connectivity index (χ0v) is 13.0. The van der Waals surface area contributed by atoms with Crippen molar-refractivity contribution in [2.75, 3.05) is 11.4 Å². The molecule has 1 unspecified atom stereocenters. The molecule has 2 N–H and O–H groups in total. The second kappa shape index (κ2) is 5.16. The fraction of sp³-hybridized carbons (Fsp3) is 0.800. The van der Waals surface area contributed by atoms with Crippen molar-refractivity contribution in [3.05, 3.63) is 11.3 Å². The molecule has 0 amide bonds. The van der Waals surface area contributed by atoms with Crippen LogP contribution < -0.4 is 10.6 Å². The molecule has 2 heterocycles. The third-order valence-corrected chi connectivity index (χ3v) is 4.46. The molecule has 1 fully saturated rings. The largest absolute Gasteiger partial charge is 0.351 e. The standard InChI is InChI=1S/C15H28N4/c1-6-12(16)10-13-11(2)17-18(5)14(13)19-9-7-8-15(19,3)4/h12H,6-10,16H2,1-5H3. The summed E-state index contributed by atoms with van der Waals surface area (Å²) in [7, 11) is 2.05. The maximum absolute atomic E-state index is 6.16. The molecule has 1 aliphatic heterocycles. The minimum absolute atomic E-state index is 0.227. The first-order valence-electron chi connectivity index (χ1n) is 7.42. The van der Waals surface area contributed by atoms with Gasteiger partial charge in [0.15, 0.2) is 0 Å². The number of nitrogens with zero attached hydrogens (tertiary/aromatic N) is 3. The Morgan fingerprint density at radius 1 is 1.42 bits per heavy atom. The van der Waals surface area contributed by atoms with Crippen LogP contribution in [0.5, 0.6) is 0 Å². The highest BCUT2D eigenvalue weighted by Crippen LogP contribution is 2.36. The second-order valence-electron chi connectivity index (χ2n) is 6.45. The molecule has 1 saturated heterocycles. The van der Waals surface area contributed by atoms with Crippen LogP contribution in [0.25, 0.3) is 0 Å². The van der Waals surface area contributed by atoms with E-state index >= 15 is 0 Å². The van der Waals surface area contributed by atoms with Crippen LogP contribution in [-0.4, -0.2) is 27.9 Å². The Bertz CT molecular complexity index is 447. The van der Waals surface area contributed by atoms with Crippen molar-refractivity contribution in [3.8, 4) is 0 Å². The molecular formula is C15H28N4. The number of hydrogen-bond donors (Lipinski definition) is 1. The third kappa shape index (κ3) is 2.64. The quantitative estimate of drug-likeness (QED) is 0.908. The first-order valence-corrected chi connectivity index (χ1v) is 7.42. The van der Waals surface area contributed by atoms with Crippen molar-refractivity contribution in [1.82, 2.24) is 9.78 Å². The summed E-state index contributed by atoms with van der Waals surface area (Å²) in [6.07, 6.45) is 4.45. The molecule has 0 aliphatic carbocycles. The van der Waals surface area contributed by atoms with E-state index in [0.29, 0.717) is 0 Å². The molecule has 2 rings (SSSR count). The van der Waals surface area contributed by atoms with Gasteiger partial charge in [0.2, 0.25) is 0 Å². The highest BCUT2D eigenvalue weighted by molar-refractivity contribution is 5.53. The molecule has 0 spiro atoms. The first kappa shape index (κ1) is 14.4. The van der Waals surface area contributed by atoms with Gasteiger partial charge < -0.3 is 10.6 Å². The monoisotopic (exact) mass is 264 g/mol. The van der Waals surface area contributed by atoms with E-state index in [4.69, 9.17) is 5.73 Å². The zero-order chi connectivity index (χ0) is 14.2. The SMILES string of the molecule is CCC(N)Cc1c(C)nn(C)c1N1CCCC1(C)C. The van der Waals surface area contributed by atoms with Crippen molar-refractivity contribution in [2.45, 2.75) is 65.0 Å². The van der Waals surface area contributed by atoms with E-state index in [0.717, 1.165) is 25.1 Å². The molecule has 108 valence electrons. The average molecular weight is 264 g/mol. The molecule has 0 aromatic carbocycles. The predicted molar refractivity (Wildman–Crippen MR) is 80.6 cm³/mol. The molecule has 4 nitrogen and oxygen atoms in total. The van der Waals surface area contributed by atoms with Crippen molar-refractivity contribution < 1.29 is 0 Å². The minimum Gasteiger partial charge on any atom is -0.351 e. The van der Waals surface area contributed by atoms with Crippen LogP contribution in [0.15, 0.2) is 0 Å². The van der Waals surface area contributed by atoms with Gasteiger partial charge in [-0.15, -0.1) is 0 Å². The van der Waals surface area contributed by atoms with Crippen LogP contribution in [0, 0.1) is 6.92 Å². The van der Waals surface area contributed by atoms with Gasteiger partial charge >= 0.3 is 0 Å². The van der Waals surface area contributed by atoms with Crippen LogP contribution in [0.2, 0.25) is 0 Å². The fourth-order valence-electron chi connectivity index (χ4n) is 3.17. The Morgan fingerprint density at radius 2 is 2.11 bits per heavy atom. The third-order valence-electron chi connectivity index (χ3n) is 4.46. The molecule has 1 aliphatic rings. The molecule has 0 radical (unpaired) electrons. The summed E-state index contributed by atoms with van der Waals surface area (Å²) in [5.41, 5.74) is 8.86. The molecule has 4 heteroatoms. The highest BCUT2D eigenvalue weighted by atomic mass is 15.4. The lowest BCUT2D eigenvalue weighted by molar-refractivity contribution is 0.503. The summed E-state index contributed by atoms with van der Waals surface area (Å²) >= 11 is 0. The Balaban J connectivity index is 2.39. The topological polar surface area (TPSA) is 47.1 Å². The van der Waals surface area contributed by atoms with Gasteiger partial charge in [-0.05, 0) is 46.5 Å². The lowest BCUT2D eigenvalue weighted by Crippen LogP contribution is -2.40. The second-order valence-corrected chi connectivity index (χ2v) is 6.45. The van der Waals surface area contributed by atoms with Gasteiger partial charge in [-0.2, -0.15) is 5.10 Å². The van der Waals surface area contributed by atoms with Gasteiger partial charge in [-0.1, -0.05) is 6.92 Å². The number of rotatable bonds is 4. The van der Waals surface area contributed by atoms with E-state index in [-0.39, 0.29) is 11.6 Å². The van der Waals surface area contributed by atoms with Crippen LogP contribution in [0.4, 0.5) is 5.82 Å². The van der Waals surface area contributed by atoms with Crippen LogP contribution >= 0.6 is 0 Å². The van der Waals surface area contributed by atoms with E-state index in [1.807, 2.05) is 4.68 Å². The number of aryl methyl sites for hydroxylation is 2. The van der Waals surface area contributed by atoms with E-state index in [1.54, 1.807) is 0 Å². The summed E-state index contributed by atoms with van der Waals surface area (Å²) in [6, 6.07) is 0.229. The van der Waals surface area contributed by atoms with E-state index in [9.17, 15) is 0 Å². The van der Waals surface area contributed by atoms with Crippen molar-refractivity contribution >= 4 is 5.82 Å². The van der Waals surface area contributed by atoms with Crippen molar-refractivity contribution in [1.29, 1.82) is 0 Å². The van der Waals surface area contributed by atoms with Gasteiger partial charge in [0.1, 0.15) is 5.82 Å². The van der Waals surface area contributed by atoms with Gasteiger partial charge in [-0.3, -0.25) is 4.68 Å². The minimum atomic E-state index is 0.227. The molecule has 1 aromatic rings. The van der Waals surface area contributed by atoms with Crippen LogP contribution in [0.1, 0.15) is 51.3 Å². The molecule has 19 heavy (non-hydrogen) atoms. The molecule has 0 saturated carbocycles. The molecule has 0 bridgehead atoms. The van der Waals surface area contributed by atoms with Crippen molar-refractivity contribution in [3.63, 3.8) is 0 Å². The number of anilines is 1. The van der Waals surface area contributed by atoms with E-state index in [1.165, 1.54) is 24.2 Å². The molecule has 1 aromatic heterocycles. The number of aromatic nitrogens is 2. The van der Waals surface area contributed by atoms with Crippen LogP contribution in [-0.2, 0) is 13.5 Å². The maximum atomic E-state index is 6.16. The maximum Gasteiger partial charge on any atom is 0.130 e. The van der Waals surface area contributed by atoms with Crippen molar-refractivity contribution in [2.24, 2.45) is 12.8 Å². The Morgan fingerprint density at radius 3 is 2.63 bits per heavy atom. The Kier molecular flexibility index (Phi) is 3.90. The summed E-state index contributed by atoms with van der Waals surface area (Å²) in [5, 5.41) is 4.63. The zero-order valence-electron chi connectivity index (χ0n) is 13.0. The van der Waals surface area contributed by atoms with E-state index in [2.05, 4.69) is 44.7 Å². The summed E-state index contributed by atoms with van der Waals surface area (Å²) < 4.78 is 2.04. The average Bonchev–Trinajstić information content (AvgIpc) is 2.79. The number of nitrogens with two attached hydrogens (primary N) is 1. The Labute approximate surface area is 117 Å². The van der Waals surface area contributed by atoms with E-state index < -0.39 is 0 Å². The summed E-state index contributed by atoms with van der Waals surface area (Å²) in [5.74, 6) is 1.28. The normalized spacial score (nSPS) is 20.0. The van der Waals surface area contributed by atoms with Crippen LogP contribution in [0.3, 0.4) is 0 Å². The van der Waals surface area contributed by atoms with Gasteiger partial charge in [0.05, 0.1) is 5.69 Å². The number of hydrogen-bond acceptors (Lipinski definition) is 3. The molecular weight excluding hydrogens is 236 g/mol. The predicted octanol–water partition coefficient (Wildman–Crippen LogP) is 2.39. The summed E-state index contributed by atoms with van der Waals surface area (Å²) in [6.45, 7) is 10.0. The first-order chi connectivity index (χ1) is 8.86. The van der Waals surface area contributed by atoms with Gasteiger partial charge in [-0.25, -0.2) is 0 Å². The lowest BCUT2D eigenvalue weighted by Gasteiger charge is -2.34. The van der Waals surface area contributed by atoms with Gasteiger partial charge in [0.25, 0.3) is 0 Å². The highest BCUT2D eigenvalue weighted by Gasteiger charge is 2.35. The fourth-order valence-corrected chi connectivity index (χ4v) is 3.17. The Hall–Kier alpha value is -1.03. The smallest absolute Gasteiger partial charge is 0.130 e. The molecule has 1 atom stereocenters. The van der Waals surface area contributed by atoms with Gasteiger partial charge in [0, 0.05) is 30.7 Å². The lowest BCUT2D eigenvalue weighted by atomic mass is 10.00. The summed E-state index contributed by atoms with van der Waals surface area (Å²) in [4.78, 5) is 2.52.